The molecular weight excluding hydrogens is 309 g/mol. The summed E-state index contributed by atoms with van der Waals surface area (Å²) in [7, 11) is 1.88. The summed E-state index contributed by atoms with van der Waals surface area (Å²) < 4.78 is 20.9. The molecule has 1 aliphatic rings. The molecule has 19 heavy (non-hydrogen) atoms. The van der Waals surface area contributed by atoms with Gasteiger partial charge in [0.15, 0.2) is 0 Å². The van der Waals surface area contributed by atoms with Crippen LogP contribution < -0.4 is 5.32 Å². The van der Waals surface area contributed by atoms with Crippen LogP contribution in [-0.4, -0.2) is 19.3 Å². The van der Waals surface area contributed by atoms with E-state index in [4.69, 9.17) is 4.74 Å². The predicted molar refractivity (Wildman–Crippen MR) is 78.6 cm³/mol. The Labute approximate surface area is 122 Å². The molecular formula is C15H21BrFNO. The summed E-state index contributed by atoms with van der Waals surface area (Å²) in [4.78, 5) is 0. The summed E-state index contributed by atoms with van der Waals surface area (Å²) in [6, 6.07) is 5.07. The van der Waals surface area contributed by atoms with Crippen molar-refractivity contribution < 1.29 is 9.13 Å². The number of halogens is 2. The van der Waals surface area contributed by atoms with E-state index in [0.29, 0.717) is 11.5 Å². The monoisotopic (exact) mass is 329 g/mol. The van der Waals surface area contributed by atoms with E-state index >= 15 is 0 Å². The van der Waals surface area contributed by atoms with Crippen LogP contribution in [-0.2, 0) is 4.74 Å². The Morgan fingerprint density at radius 1 is 1.26 bits per heavy atom. The Morgan fingerprint density at radius 2 is 1.95 bits per heavy atom. The standard InChI is InChI=1S/C15H21BrFNO/c1-8-9(2)19-10(3)14(8)15(18-4)12-7-11(16)5-6-13(12)17/h5-10,14-15,18H,1-4H3. The van der Waals surface area contributed by atoms with Gasteiger partial charge in [-0.1, -0.05) is 22.9 Å². The highest BCUT2D eigenvalue weighted by molar-refractivity contribution is 9.10. The van der Waals surface area contributed by atoms with Crippen molar-refractivity contribution in [2.24, 2.45) is 11.8 Å². The minimum Gasteiger partial charge on any atom is -0.375 e. The number of nitrogens with one attached hydrogen (secondary N) is 1. The number of rotatable bonds is 3. The second-order valence-electron chi connectivity index (χ2n) is 5.41. The Bertz CT molecular complexity index is 454. The van der Waals surface area contributed by atoms with E-state index in [2.05, 4.69) is 42.0 Å². The molecule has 4 heteroatoms. The molecule has 1 aromatic carbocycles. The highest BCUT2D eigenvalue weighted by Gasteiger charge is 2.42. The Morgan fingerprint density at radius 3 is 2.47 bits per heavy atom. The molecule has 2 nitrogen and oxygen atoms in total. The number of ether oxygens (including phenoxy) is 1. The second-order valence-corrected chi connectivity index (χ2v) is 6.33. The van der Waals surface area contributed by atoms with E-state index < -0.39 is 0 Å². The number of benzene rings is 1. The maximum Gasteiger partial charge on any atom is 0.128 e. The fourth-order valence-electron chi connectivity index (χ4n) is 3.18. The lowest BCUT2D eigenvalue weighted by molar-refractivity contribution is 0.0477. The number of hydrogen-bond acceptors (Lipinski definition) is 2. The second kappa shape index (κ2) is 5.90. The van der Waals surface area contributed by atoms with Gasteiger partial charge in [-0.15, -0.1) is 0 Å². The van der Waals surface area contributed by atoms with Gasteiger partial charge < -0.3 is 10.1 Å². The molecule has 0 bridgehead atoms. The molecule has 0 radical (unpaired) electrons. The van der Waals surface area contributed by atoms with Crippen molar-refractivity contribution in [1.29, 1.82) is 0 Å². The van der Waals surface area contributed by atoms with Crippen molar-refractivity contribution in [2.45, 2.75) is 39.0 Å². The van der Waals surface area contributed by atoms with Crippen LogP contribution in [0.25, 0.3) is 0 Å². The fourth-order valence-corrected chi connectivity index (χ4v) is 3.56. The highest BCUT2D eigenvalue weighted by atomic mass is 79.9. The zero-order valence-electron chi connectivity index (χ0n) is 11.8. The summed E-state index contributed by atoms with van der Waals surface area (Å²) in [5.74, 6) is 0.496. The molecule has 106 valence electrons. The molecule has 0 aliphatic carbocycles. The molecule has 0 amide bonds. The third kappa shape index (κ3) is 2.86. The molecule has 1 aliphatic heterocycles. The van der Waals surface area contributed by atoms with Crippen LogP contribution in [0.3, 0.4) is 0 Å². The predicted octanol–water partition coefficient (Wildman–Crippen LogP) is 3.91. The molecule has 1 heterocycles. The van der Waals surface area contributed by atoms with Crippen molar-refractivity contribution >= 4 is 15.9 Å². The van der Waals surface area contributed by atoms with Crippen LogP contribution in [0, 0.1) is 17.7 Å². The molecule has 5 unspecified atom stereocenters. The van der Waals surface area contributed by atoms with Crippen LogP contribution >= 0.6 is 15.9 Å². The van der Waals surface area contributed by atoms with Crippen LogP contribution in [0.1, 0.15) is 32.4 Å². The summed E-state index contributed by atoms with van der Waals surface area (Å²) in [6.07, 6.45) is 0.340. The van der Waals surface area contributed by atoms with E-state index in [1.165, 1.54) is 6.07 Å². The summed E-state index contributed by atoms with van der Waals surface area (Å²) in [6.45, 7) is 6.34. The fraction of sp³-hybridized carbons (Fsp3) is 0.600. The van der Waals surface area contributed by atoms with E-state index in [-0.39, 0.29) is 30.0 Å². The SMILES string of the molecule is CNC(c1cc(Br)ccc1F)C1C(C)OC(C)C1C. The summed E-state index contributed by atoms with van der Waals surface area (Å²) in [5, 5.41) is 3.27. The van der Waals surface area contributed by atoms with E-state index in [1.807, 2.05) is 13.1 Å². The molecule has 1 saturated heterocycles. The van der Waals surface area contributed by atoms with Gasteiger partial charge in [-0.2, -0.15) is 0 Å². The first kappa shape index (κ1) is 14.9. The Hall–Kier alpha value is -0.450. The molecule has 0 saturated carbocycles. The van der Waals surface area contributed by atoms with Crippen LogP contribution in [0.2, 0.25) is 0 Å². The lowest BCUT2D eigenvalue weighted by atomic mass is 9.80. The zero-order valence-corrected chi connectivity index (χ0v) is 13.4. The largest absolute Gasteiger partial charge is 0.375 e. The van der Waals surface area contributed by atoms with Gasteiger partial charge in [0.1, 0.15) is 5.82 Å². The van der Waals surface area contributed by atoms with Crippen LogP contribution in [0.15, 0.2) is 22.7 Å². The van der Waals surface area contributed by atoms with Crippen LogP contribution in [0.5, 0.6) is 0 Å². The lowest BCUT2D eigenvalue weighted by Crippen LogP contribution is -2.33. The maximum absolute atomic E-state index is 14.1. The molecule has 1 fully saturated rings. The highest BCUT2D eigenvalue weighted by Crippen LogP contribution is 2.41. The van der Waals surface area contributed by atoms with Crippen molar-refractivity contribution in [2.75, 3.05) is 7.05 Å². The average molecular weight is 330 g/mol. The molecule has 5 atom stereocenters. The van der Waals surface area contributed by atoms with Crippen molar-refractivity contribution in [1.82, 2.24) is 5.32 Å². The van der Waals surface area contributed by atoms with Gasteiger partial charge in [-0.05, 0) is 45.0 Å². The quantitative estimate of drug-likeness (QED) is 0.907. The number of hydrogen-bond donors (Lipinski definition) is 1. The first-order valence-electron chi connectivity index (χ1n) is 6.73. The van der Waals surface area contributed by atoms with Gasteiger partial charge in [0.05, 0.1) is 12.2 Å². The van der Waals surface area contributed by atoms with Crippen LogP contribution in [0.4, 0.5) is 4.39 Å². The smallest absolute Gasteiger partial charge is 0.128 e. The van der Waals surface area contributed by atoms with Gasteiger partial charge in [-0.3, -0.25) is 0 Å². The van der Waals surface area contributed by atoms with E-state index in [9.17, 15) is 4.39 Å². The van der Waals surface area contributed by atoms with Gasteiger partial charge in [-0.25, -0.2) is 4.39 Å². The third-order valence-corrected chi connectivity index (χ3v) is 4.80. The first-order chi connectivity index (χ1) is 8.95. The molecule has 2 rings (SSSR count). The minimum atomic E-state index is -0.165. The van der Waals surface area contributed by atoms with Crippen molar-refractivity contribution in [3.05, 3.63) is 34.1 Å². The van der Waals surface area contributed by atoms with Crippen molar-refractivity contribution in [3.8, 4) is 0 Å². The van der Waals surface area contributed by atoms with Gasteiger partial charge in [0, 0.05) is 22.0 Å². The summed E-state index contributed by atoms with van der Waals surface area (Å²) in [5.41, 5.74) is 0.707. The average Bonchev–Trinajstić information content (AvgIpc) is 2.61. The normalized spacial score (nSPS) is 32.5. The molecule has 1 N–H and O–H groups in total. The minimum absolute atomic E-state index is 0.0348. The summed E-state index contributed by atoms with van der Waals surface area (Å²) >= 11 is 3.42. The molecule has 0 spiro atoms. The Balaban J connectivity index is 2.37. The van der Waals surface area contributed by atoms with E-state index in [1.54, 1.807) is 6.07 Å². The van der Waals surface area contributed by atoms with Gasteiger partial charge >= 0.3 is 0 Å². The maximum atomic E-state index is 14.1. The molecule has 0 aromatic heterocycles. The topological polar surface area (TPSA) is 21.3 Å². The van der Waals surface area contributed by atoms with Crippen molar-refractivity contribution in [3.63, 3.8) is 0 Å². The third-order valence-electron chi connectivity index (χ3n) is 4.31. The lowest BCUT2D eigenvalue weighted by Gasteiger charge is -2.29. The van der Waals surface area contributed by atoms with Gasteiger partial charge in [0.25, 0.3) is 0 Å². The van der Waals surface area contributed by atoms with Gasteiger partial charge in [0.2, 0.25) is 0 Å². The zero-order chi connectivity index (χ0) is 14.2. The first-order valence-corrected chi connectivity index (χ1v) is 7.52. The molecule has 1 aromatic rings. The van der Waals surface area contributed by atoms with E-state index in [0.717, 1.165) is 4.47 Å². The Kier molecular flexibility index (Phi) is 4.64.